The molecule has 0 spiro atoms. The summed E-state index contributed by atoms with van der Waals surface area (Å²) in [5.74, 6) is 3.06. The summed E-state index contributed by atoms with van der Waals surface area (Å²) in [5, 5.41) is 2.47. The molecule has 0 aliphatic heterocycles. The number of benzene rings is 7. The zero-order valence-electron chi connectivity index (χ0n) is 30.5. The fourth-order valence-corrected chi connectivity index (χ4v) is 10.3. The first kappa shape index (κ1) is 32.1. The maximum absolute atomic E-state index is 5.15. The molecule has 0 fully saturated rings. The topological polar surface area (TPSA) is 64.5 Å². The summed E-state index contributed by atoms with van der Waals surface area (Å²) in [6, 6.07) is 58.5. The molecule has 6 heteroatoms. The van der Waals surface area contributed by atoms with E-state index in [4.69, 9.17) is 15.0 Å². The Hall–Kier alpha value is -7.15. The van der Waals surface area contributed by atoms with E-state index in [-0.39, 0.29) is 11.8 Å². The Morgan fingerprint density at radius 2 is 0.895 bits per heavy atom. The first-order valence-corrected chi connectivity index (χ1v) is 20.0. The van der Waals surface area contributed by atoms with Gasteiger partial charge >= 0.3 is 0 Å². The van der Waals surface area contributed by atoms with E-state index in [1.54, 1.807) is 11.3 Å². The molecule has 0 radical (unpaired) electrons. The molecule has 0 N–H and O–H groups in total. The zero-order valence-corrected chi connectivity index (χ0v) is 31.4. The average molecular weight is 746 g/mol. The van der Waals surface area contributed by atoms with Crippen molar-refractivity contribution in [3.63, 3.8) is 0 Å². The Bertz CT molecular complexity index is 3190. The highest BCUT2D eigenvalue weighted by Crippen LogP contribution is 2.56. The van der Waals surface area contributed by atoms with Crippen molar-refractivity contribution in [1.29, 1.82) is 0 Å². The summed E-state index contributed by atoms with van der Waals surface area (Å²) < 4.78 is 2.44. The molecule has 3 heterocycles. The summed E-state index contributed by atoms with van der Waals surface area (Å²) in [6.45, 7) is 0. The van der Waals surface area contributed by atoms with E-state index < -0.39 is 0 Å². The van der Waals surface area contributed by atoms with Crippen molar-refractivity contribution in [3.8, 4) is 56.7 Å². The number of fused-ring (bicyclic) bond motifs is 3. The van der Waals surface area contributed by atoms with Gasteiger partial charge in [-0.25, -0.2) is 24.9 Å². The molecule has 7 aromatic carbocycles. The van der Waals surface area contributed by atoms with Crippen LogP contribution in [0.4, 0.5) is 0 Å². The fourth-order valence-electron chi connectivity index (χ4n) is 9.06. The van der Waals surface area contributed by atoms with Gasteiger partial charge in [-0.05, 0) is 74.8 Å². The van der Waals surface area contributed by atoms with Gasteiger partial charge in [-0.3, -0.25) is 0 Å². The van der Waals surface area contributed by atoms with Crippen molar-refractivity contribution < 1.29 is 0 Å². The third kappa shape index (κ3) is 5.11. The lowest BCUT2D eigenvalue weighted by atomic mass is 9.60. The predicted molar refractivity (Wildman–Crippen MR) is 230 cm³/mol. The maximum Gasteiger partial charge on any atom is 0.165 e. The van der Waals surface area contributed by atoms with E-state index in [9.17, 15) is 0 Å². The average Bonchev–Trinajstić information content (AvgIpc) is 3.68. The first-order valence-electron chi connectivity index (χ1n) is 19.2. The highest BCUT2D eigenvalue weighted by atomic mass is 32.1. The van der Waals surface area contributed by atoms with Gasteiger partial charge in [0.2, 0.25) is 0 Å². The molecule has 3 aromatic heterocycles. The Morgan fingerprint density at radius 3 is 1.63 bits per heavy atom. The third-order valence-corrected chi connectivity index (χ3v) is 12.9. The van der Waals surface area contributed by atoms with Crippen LogP contribution in [0.3, 0.4) is 0 Å². The van der Waals surface area contributed by atoms with Gasteiger partial charge in [0, 0.05) is 66.7 Å². The molecule has 0 saturated heterocycles. The number of nitrogens with zero attached hydrogens (tertiary/aromatic N) is 5. The van der Waals surface area contributed by atoms with Crippen LogP contribution in [0.15, 0.2) is 176 Å². The number of aromatic nitrogens is 5. The third-order valence-electron chi connectivity index (χ3n) is 11.6. The minimum Gasteiger partial charge on any atom is -0.237 e. The molecule has 3 aliphatic carbocycles. The molecule has 2 atom stereocenters. The quantitative estimate of drug-likeness (QED) is 0.175. The molecular formula is C51H31N5S. The molecule has 10 aromatic rings. The monoisotopic (exact) mass is 745 g/mol. The standard InChI is InChI=1S/C51H31N5S/c1-2-10-31(11-3-1)49-54-50(56-51(55-49)41-16-8-15-40-35-12-6-7-17-44(35)57-47(40)41)32-20-18-30(19-21-32)33-22-24-38-42(28-33)45-36-13-4-5-14-37(36)46(38)43-29-34(23-25-39(43)45)48-52-26-9-27-53-48/h1-29,45-46H. The van der Waals surface area contributed by atoms with Crippen LogP contribution >= 0.6 is 11.3 Å². The lowest BCUT2D eigenvalue weighted by Gasteiger charge is -2.42. The summed E-state index contributed by atoms with van der Waals surface area (Å²) >= 11 is 1.79. The van der Waals surface area contributed by atoms with Gasteiger partial charge in [0.25, 0.3) is 0 Å². The van der Waals surface area contributed by atoms with Crippen LogP contribution in [0.25, 0.3) is 76.9 Å². The van der Waals surface area contributed by atoms with E-state index in [1.807, 2.05) is 36.7 Å². The van der Waals surface area contributed by atoms with E-state index in [1.165, 1.54) is 59.1 Å². The molecular weight excluding hydrogens is 715 g/mol. The first-order chi connectivity index (χ1) is 28.2. The zero-order chi connectivity index (χ0) is 37.5. The number of hydrogen-bond donors (Lipinski definition) is 0. The Morgan fingerprint density at radius 1 is 0.351 bits per heavy atom. The van der Waals surface area contributed by atoms with Gasteiger partial charge < -0.3 is 0 Å². The van der Waals surface area contributed by atoms with Crippen LogP contribution in [-0.2, 0) is 0 Å². The van der Waals surface area contributed by atoms with Crippen molar-refractivity contribution >= 4 is 31.5 Å². The predicted octanol–water partition coefficient (Wildman–Crippen LogP) is 12.4. The Kier molecular flexibility index (Phi) is 7.16. The molecule has 57 heavy (non-hydrogen) atoms. The van der Waals surface area contributed by atoms with Gasteiger partial charge in [0.1, 0.15) is 0 Å². The van der Waals surface area contributed by atoms with E-state index in [0.717, 1.165) is 33.6 Å². The summed E-state index contributed by atoms with van der Waals surface area (Å²) in [4.78, 5) is 24.4. The van der Waals surface area contributed by atoms with Crippen molar-refractivity contribution in [2.24, 2.45) is 0 Å². The summed E-state index contributed by atoms with van der Waals surface area (Å²) in [5.41, 5.74) is 14.6. The van der Waals surface area contributed by atoms with Gasteiger partial charge in [-0.1, -0.05) is 133 Å². The molecule has 13 rings (SSSR count). The van der Waals surface area contributed by atoms with Crippen molar-refractivity contribution in [3.05, 3.63) is 210 Å². The molecule has 2 unspecified atom stereocenters. The summed E-state index contributed by atoms with van der Waals surface area (Å²) in [6.07, 6.45) is 3.62. The van der Waals surface area contributed by atoms with Crippen molar-refractivity contribution in [2.45, 2.75) is 11.8 Å². The number of rotatable bonds is 5. The van der Waals surface area contributed by atoms with Crippen LogP contribution in [-0.4, -0.2) is 24.9 Å². The van der Waals surface area contributed by atoms with Crippen LogP contribution in [0.2, 0.25) is 0 Å². The lowest BCUT2D eigenvalue weighted by molar-refractivity contribution is 0.755. The fraction of sp³-hybridized carbons (Fsp3) is 0.0392. The lowest BCUT2D eigenvalue weighted by Crippen LogP contribution is -2.27. The van der Waals surface area contributed by atoms with Gasteiger partial charge in [0.05, 0.1) is 0 Å². The van der Waals surface area contributed by atoms with Crippen molar-refractivity contribution in [1.82, 2.24) is 24.9 Å². The Balaban J connectivity index is 0.937. The molecule has 0 amide bonds. The maximum atomic E-state index is 5.15. The largest absolute Gasteiger partial charge is 0.237 e. The molecule has 5 nitrogen and oxygen atoms in total. The second-order valence-corrected chi connectivity index (χ2v) is 15.8. The van der Waals surface area contributed by atoms with E-state index in [2.05, 4.69) is 149 Å². The molecule has 2 bridgehead atoms. The van der Waals surface area contributed by atoms with Gasteiger partial charge in [-0.15, -0.1) is 11.3 Å². The van der Waals surface area contributed by atoms with Gasteiger partial charge in [-0.2, -0.15) is 0 Å². The SMILES string of the molecule is c1ccc(-c2nc(-c3ccc(-c4ccc5c(c4)C4c6ccccc6C5c5cc(-c6ncccn6)ccc54)cc3)nc(-c3cccc4c3sc3ccccc34)n2)cc1. The Labute approximate surface area is 333 Å². The molecule has 0 saturated carbocycles. The van der Waals surface area contributed by atoms with Crippen molar-refractivity contribution in [2.75, 3.05) is 0 Å². The molecule has 266 valence electrons. The highest BCUT2D eigenvalue weighted by molar-refractivity contribution is 7.26. The van der Waals surface area contributed by atoms with E-state index in [0.29, 0.717) is 17.5 Å². The number of hydrogen-bond acceptors (Lipinski definition) is 6. The van der Waals surface area contributed by atoms with Crippen LogP contribution in [0.5, 0.6) is 0 Å². The van der Waals surface area contributed by atoms with Crippen LogP contribution in [0, 0.1) is 0 Å². The van der Waals surface area contributed by atoms with Crippen LogP contribution < -0.4 is 0 Å². The minimum atomic E-state index is 0.159. The second-order valence-electron chi connectivity index (χ2n) is 14.8. The highest BCUT2D eigenvalue weighted by Gasteiger charge is 2.41. The second kappa shape index (κ2) is 12.7. The minimum absolute atomic E-state index is 0.159. The number of thiophene rings is 1. The van der Waals surface area contributed by atoms with Crippen LogP contribution in [0.1, 0.15) is 45.2 Å². The molecule has 3 aliphatic rings. The smallest absolute Gasteiger partial charge is 0.165 e. The van der Waals surface area contributed by atoms with Gasteiger partial charge in [0.15, 0.2) is 23.3 Å². The summed E-state index contributed by atoms with van der Waals surface area (Å²) in [7, 11) is 0. The normalized spacial score (nSPS) is 15.0. The van der Waals surface area contributed by atoms with E-state index >= 15 is 0 Å².